The van der Waals surface area contributed by atoms with Crippen LogP contribution in [0.4, 0.5) is 5.69 Å². The molecule has 2 heterocycles. The van der Waals surface area contributed by atoms with Crippen molar-refractivity contribution in [1.29, 1.82) is 0 Å². The average Bonchev–Trinajstić information content (AvgIpc) is 2.97. The van der Waals surface area contributed by atoms with Gasteiger partial charge in [0.05, 0.1) is 23.1 Å². The zero-order valence-electron chi connectivity index (χ0n) is 13.0. The number of nitro groups is 1. The van der Waals surface area contributed by atoms with Gasteiger partial charge in [0.1, 0.15) is 17.1 Å². The number of hydrogen-bond acceptors (Lipinski definition) is 7. The van der Waals surface area contributed by atoms with E-state index in [1.54, 1.807) is 41.1 Å². The Morgan fingerprint density at radius 3 is 2.83 bits per heavy atom. The molecule has 0 saturated heterocycles. The van der Waals surface area contributed by atoms with Crippen LogP contribution in [0.15, 0.2) is 41.8 Å². The van der Waals surface area contributed by atoms with E-state index in [0.717, 1.165) is 28.2 Å². The average molecular weight is 345 g/mol. The lowest BCUT2D eigenvalue weighted by Gasteiger charge is -2.06. The summed E-state index contributed by atoms with van der Waals surface area (Å²) in [6.45, 7) is 0.534. The van der Waals surface area contributed by atoms with E-state index in [1.165, 1.54) is 12.1 Å². The lowest BCUT2D eigenvalue weighted by atomic mass is 10.3. The number of aromatic nitrogens is 4. The fourth-order valence-electron chi connectivity index (χ4n) is 2.14. The summed E-state index contributed by atoms with van der Waals surface area (Å²) >= 11 is 1.63. The second kappa shape index (κ2) is 7.26. The molecule has 0 fully saturated rings. The van der Waals surface area contributed by atoms with Crippen LogP contribution in [0.1, 0.15) is 6.42 Å². The predicted molar refractivity (Wildman–Crippen MR) is 90.2 cm³/mol. The molecule has 0 atom stereocenters. The van der Waals surface area contributed by atoms with E-state index in [4.69, 9.17) is 4.74 Å². The number of fused-ring (bicyclic) bond motifs is 1. The lowest BCUT2D eigenvalue weighted by Crippen LogP contribution is -1.99. The molecule has 0 aliphatic heterocycles. The van der Waals surface area contributed by atoms with Gasteiger partial charge in [-0.3, -0.25) is 14.8 Å². The third kappa shape index (κ3) is 3.62. The van der Waals surface area contributed by atoms with Crippen molar-refractivity contribution in [1.82, 2.24) is 19.7 Å². The van der Waals surface area contributed by atoms with Gasteiger partial charge >= 0.3 is 0 Å². The summed E-state index contributed by atoms with van der Waals surface area (Å²) in [5.41, 5.74) is 0.872. The Bertz CT molecular complexity index is 850. The molecule has 2 aromatic heterocycles. The highest BCUT2D eigenvalue weighted by Gasteiger charge is 2.08. The SMILES string of the molecule is Cn1ncc2c(SCCCOc3ccc([N+](=O)[O-])cc3)ncnc21. The first-order valence-electron chi connectivity index (χ1n) is 7.28. The molecule has 0 N–H and O–H groups in total. The van der Waals surface area contributed by atoms with Crippen molar-refractivity contribution in [2.45, 2.75) is 11.4 Å². The van der Waals surface area contributed by atoms with Gasteiger partial charge in [-0.2, -0.15) is 5.10 Å². The number of hydrogen-bond donors (Lipinski definition) is 0. The van der Waals surface area contributed by atoms with E-state index < -0.39 is 4.92 Å². The van der Waals surface area contributed by atoms with Crippen LogP contribution in [-0.2, 0) is 7.05 Å². The molecular formula is C15H15N5O3S. The van der Waals surface area contributed by atoms with Crippen LogP contribution >= 0.6 is 11.8 Å². The van der Waals surface area contributed by atoms with E-state index in [9.17, 15) is 10.1 Å². The Balaban J connectivity index is 1.47. The van der Waals surface area contributed by atoms with Crippen molar-refractivity contribution in [2.75, 3.05) is 12.4 Å². The number of thioether (sulfide) groups is 1. The van der Waals surface area contributed by atoms with Gasteiger partial charge in [0.2, 0.25) is 0 Å². The van der Waals surface area contributed by atoms with Gasteiger partial charge in [-0.1, -0.05) is 0 Å². The number of nitro benzene ring substituents is 1. The summed E-state index contributed by atoms with van der Waals surface area (Å²) in [6, 6.07) is 6.08. The highest BCUT2D eigenvalue weighted by atomic mass is 32.2. The van der Waals surface area contributed by atoms with Crippen LogP contribution in [0.2, 0.25) is 0 Å². The molecule has 0 aliphatic carbocycles. The predicted octanol–water partition coefficient (Wildman–Crippen LogP) is 2.83. The van der Waals surface area contributed by atoms with Crippen LogP contribution in [-0.4, -0.2) is 37.0 Å². The molecule has 124 valence electrons. The maximum Gasteiger partial charge on any atom is 0.269 e. The number of nitrogens with zero attached hydrogens (tertiary/aromatic N) is 5. The monoisotopic (exact) mass is 345 g/mol. The zero-order chi connectivity index (χ0) is 16.9. The first-order valence-corrected chi connectivity index (χ1v) is 8.26. The van der Waals surface area contributed by atoms with Gasteiger partial charge in [0.25, 0.3) is 5.69 Å². The van der Waals surface area contributed by atoms with Crippen molar-refractivity contribution in [3.05, 3.63) is 46.9 Å². The van der Waals surface area contributed by atoms with Crippen molar-refractivity contribution < 1.29 is 9.66 Å². The Morgan fingerprint density at radius 1 is 1.29 bits per heavy atom. The Morgan fingerprint density at radius 2 is 2.08 bits per heavy atom. The molecule has 9 heteroatoms. The third-order valence-electron chi connectivity index (χ3n) is 3.34. The normalized spacial score (nSPS) is 10.9. The van der Waals surface area contributed by atoms with Crippen LogP contribution in [0, 0.1) is 10.1 Å². The molecule has 0 amide bonds. The van der Waals surface area contributed by atoms with E-state index in [0.29, 0.717) is 12.4 Å². The second-order valence-corrected chi connectivity index (χ2v) is 6.07. The maximum absolute atomic E-state index is 10.6. The summed E-state index contributed by atoms with van der Waals surface area (Å²) in [5, 5.41) is 16.6. The van der Waals surface area contributed by atoms with Crippen molar-refractivity contribution in [3.8, 4) is 5.75 Å². The smallest absolute Gasteiger partial charge is 0.269 e. The van der Waals surface area contributed by atoms with Crippen LogP contribution < -0.4 is 4.74 Å². The Hall–Kier alpha value is -2.68. The minimum absolute atomic E-state index is 0.0576. The van der Waals surface area contributed by atoms with Gasteiger partial charge in [-0.15, -0.1) is 11.8 Å². The topological polar surface area (TPSA) is 96.0 Å². The van der Waals surface area contributed by atoms with Crippen molar-refractivity contribution in [2.24, 2.45) is 7.05 Å². The van der Waals surface area contributed by atoms with E-state index >= 15 is 0 Å². The van der Waals surface area contributed by atoms with E-state index in [1.807, 2.05) is 7.05 Å². The maximum atomic E-state index is 10.6. The molecule has 0 saturated carbocycles. The molecule has 3 aromatic rings. The zero-order valence-corrected chi connectivity index (χ0v) is 13.8. The first-order chi connectivity index (χ1) is 11.6. The molecule has 3 rings (SSSR count). The molecule has 0 unspecified atom stereocenters. The van der Waals surface area contributed by atoms with Crippen molar-refractivity contribution in [3.63, 3.8) is 0 Å². The first kappa shape index (κ1) is 16.2. The summed E-state index contributed by atoms with van der Waals surface area (Å²) in [5.74, 6) is 1.47. The third-order valence-corrected chi connectivity index (χ3v) is 4.43. The number of aryl methyl sites for hydroxylation is 1. The molecule has 24 heavy (non-hydrogen) atoms. The molecule has 1 aromatic carbocycles. The second-order valence-electron chi connectivity index (χ2n) is 4.99. The minimum atomic E-state index is -0.429. The highest BCUT2D eigenvalue weighted by Crippen LogP contribution is 2.24. The van der Waals surface area contributed by atoms with Gasteiger partial charge in [0.15, 0.2) is 5.65 Å². The summed E-state index contributed by atoms with van der Waals surface area (Å²) in [4.78, 5) is 18.7. The largest absolute Gasteiger partial charge is 0.494 e. The van der Waals surface area contributed by atoms with Crippen molar-refractivity contribution >= 4 is 28.5 Å². The highest BCUT2D eigenvalue weighted by molar-refractivity contribution is 7.99. The van der Waals surface area contributed by atoms with Gasteiger partial charge in [-0.25, -0.2) is 9.97 Å². The Labute approximate surface area is 142 Å². The van der Waals surface area contributed by atoms with Gasteiger partial charge in [-0.05, 0) is 18.6 Å². The van der Waals surface area contributed by atoms with Crippen LogP contribution in [0.3, 0.4) is 0 Å². The summed E-state index contributed by atoms with van der Waals surface area (Å²) < 4.78 is 7.31. The van der Waals surface area contributed by atoms with E-state index in [-0.39, 0.29) is 5.69 Å². The van der Waals surface area contributed by atoms with Crippen LogP contribution in [0.5, 0.6) is 5.75 Å². The summed E-state index contributed by atoms with van der Waals surface area (Å²) in [6.07, 6.45) is 4.14. The fourth-order valence-corrected chi connectivity index (χ4v) is 3.01. The minimum Gasteiger partial charge on any atom is -0.494 e. The molecular weight excluding hydrogens is 330 g/mol. The lowest BCUT2D eigenvalue weighted by molar-refractivity contribution is -0.384. The molecule has 8 nitrogen and oxygen atoms in total. The number of rotatable bonds is 7. The standard InChI is InChI=1S/C15H15N5O3S/c1-19-14-13(9-18-19)15(17-10-16-14)24-8-2-7-23-12-5-3-11(4-6-12)20(21)22/h3-6,9-10H,2,7-8H2,1H3. The molecule has 0 radical (unpaired) electrons. The number of non-ortho nitro benzene ring substituents is 1. The molecule has 0 spiro atoms. The van der Waals surface area contributed by atoms with Crippen LogP contribution in [0.25, 0.3) is 11.0 Å². The summed E-state index contributed by atoms with van der Waals surface area (Å²) in [7, 11) is 1.85. The van der Waals surface area contributed by atoms with Gasteiger partial charge < -0.3 is 4.74 Å². The molecule has 0 aliphatic rings. The van der Waals surface area contributed by atoms with Gasteiger partial charge in [0, 0.05) is 24.9 Å². The quantitative estimate of drug-likeness (QED) is 0.213. The number of benzene rings is 1. The van der Waals surface area contributed by atoms with E-state index in [2.05, 4.69) is 15.1 Å². The fraction of sp³-hybridized carbons (Fsp3) is 0.267. The molecule has 0 bridgehead atoms. The number of ether oxygens (including phenoxy) is 1. The Kier molecular flexibility index (Phi) is 4.90.